The molecule has 0 saturated heterocycles. The molecule has 2 aliphatic rings. The molecule has 0 aliphatic carbocycles. The maximum absolute atomic E-state index is 16.2. The number of nitrogens with zero attached hydrogens (tertiary/aromatic N) is 2. The molecule has 0 fully saturated rings. The second-order valence-corrected chi connectivity index (χ2v) is 31.9. The van der Waals surface area contributed by atoms with Gasteiger partial charge in [0.2, 0.25) is 0 Å². The smallest absolute Gasteiger partial charge is 0.261 e. The van der Waals surface area contributed by atoms with Crippen LogP contribution in [0.4, 0.5) is 0 Å². The zero-order valence-corrected chi connectivity index (χ0v) is 59.2. The zero-order valence-electron chi connectivity index (χ0n) is 56.0. The van der Waals surface area contributed by atoms with E-state index in [0.29, 0.717) is 36.1 Å². The van der Waals surface area contributed by atoms with Crippen LogP contribution >= 0.6 is 45.3 Å². The Morgan fingerprint density at radius 2 is 0.547 bits per heavy atom. The van der Waals surface area contributed by atoms with Crippen LogP contribution < -0.4 is 11.5 Å². The average molecular weight is 1250 g/mol. The molecule has 4 aromatic rings. The second kappa shape index (κ2) is 39.4. The van der Waals surface area contributed by atoms with Crippen LogP contribution in [0.3, 0.4) is 0 Å². The summed E-state index contributed by atoms with van der Waals surface area (Å²) in [5, 5.41) is 0. The molecule has 2 unspecified atom stereocenters. The number of thiophene rings is 4. The lowest BCUT2D eigenvalue weighted by atomic mass is 9.93. The highest BCUT2D eigenvalue weighted by Gasteiger charge is 2.50. The molecule has 86 heavy (non-hydrogen) atoms. The molecular weight excluding hydrogens is 1130 g/mol. The molecule has 2 amide bonds. The van der Waals surface area contributed by atoms with Crippen LogP contribution in [0.5, 0.6) is 0 Å². The predicted octanol–water partition coefficient (Wildman–Crippen LogP) is 24.4. The fourth-order valence-corrected chi connectivity index (χ4v) is 17.6. The predicted molar refractivity (Wildman–Crippen MR) is 381 cm³/mol. The Balaban J connectivity index is 1.38. The lowest BCUT2D eigenvalue weighted by Gasteiger charge is -2.29. The topological polar surface area (TPSA) is 92.7 Å². The Bertz CT molecular complexity index is 2420. The van der Waals surface area contributed by atoms with Crippen molar-refractivity contribution < 1.29 is 9.59 Å². The third-order valence-corrected chi connectivity index (χ3v) is 24.0. The van der Waals surface area contributed by atoms with Crippen LogP contribution in [0.2, 0.25) is 0 Å². The van der Waals surface area contributed by atoms with Crippen molar-refractivity contribution in [2.75, 3.05) is 13.1 Å². The van der Waals surface area contributed by atoms with Gasteiger partial charge in [-0.15, -0.1) is 45.3 Å². The van der Waals surface area contributed by atoms with Gasteiger partial charge < -0.3 is 21.3 Å². The fourth-order valence-electron chi connectivity index (χ4n) is 13.2. The highest BCUT2D eigenvalue weighted by Crippen LogP contribution is 2.52. The number of nitrogens with two attached hydrogens (primary N) is 2. The number of hydrogen-bond acceptors (Lipinski definition) is 8. The molecule has 0 spiro atoms. The first-order chi connectivity index (χ1) is 41.7. The molecule has 4 N–H and O–H groups in total. The Kier molecular flexibility index (Phi) is 33.1. The van der Waals surface area contributed by atoms with Gasteiger partial charge in [-0.25, -0.2) is 0 Å². The first-order valence-electron chi connectivity index (χ1n) is 35.8. The maximum Gasteiger partial charge on any atom is 0.261 e. The largest absolute Gasteiger partial charge is 0.321 e. The molecular formula is C76H122N4O2S4. The normalized spacial score (nSPS) is 14.8. The fraction of sp³-hybridized carbons (Fsp3) is 0.711. The van der Waals surface area contributed by atoms with Crippen LogP contribution in [0.1, 0.15) is 332 Å². The molecule has 0 saturated carbocycles. The summed E-state index contributed by atoms with van der Waals surface area (Å²) in [6, 6.07) is 17.7. The molecule has 6 rings (SSSR count). The number of fused-ring (bicyclic) bond motifs is 1. The van der Waals surface area contributed by atoms with Gasteiger partial charge in [-0.05, 0) is 114 Å². The number of unbranched alkanes of at least 4 members (excludes halogenated alkanes) is 32. The van der Waals surface area contributed by atoms with Crippen molar-refractivity contribution in [2.45, 2.75) is 323 Å². The molecule has 10 heteroatoms. The maximum atomic E-state index is 16.2. The summed E-state index contributed by atoms with van der Waals surface area (Å²) >= 11 is 6.99. The lowest BCUT2D eigenvalue weighted by molar-refractivity contribution is -0.124. The summed E-state index contributed by atoms with van der Waals surface area (Å²) in [4.78, 5) is 45.7. The van der Waals surface area contributed by atoms with Gasteiger partial charge in [0.15, 0.2) is 0 Å². The van der Waals surface area contributed by atoms with Gasteiger partial charge in [0.05, 0.1) is 32.3 Å². The van der Waals surface area contributed by atoms with Crippen LogP contribution in [-0.2, 0) is 20.7 Å². The van der Waals surface area contributed by atoms with Gasteiger partial charge >= 0.3 is 0 Å². The number of hydrogen-bond donors (Lipinski definition) is 2. The molecule has 0 radical (unpaired) electrons. The third-order valence-electron chi connectivity index (χ3n) is 18.6. The first kappa shape index (κ1) is 72.2. The van der Waals surface area contributed by atoms with Gasteiger partial charge in [0.25, 0.3) is 11.8 Å². The molecule has 4 aromatic heterocycles. The SMILES string of the molecule is CCCCCCCCCCCCC(CCCCCCCCCC)CN1C(=O)C2=C(c3ccc(-c4ccc(C(C)(C)N)s4)s3)N(CC(CCCCCCCCCC)CCCCCCCCCCCC)C(=O)C2=C1c1ccc(-c2ccc(C(C)(C)N)s2)s1. The van der Waals surface area contributed by atoms with E-state index in [9.17, 15) is 0 Å². The lowest BCUT2D eigenvalue weighted by Crippen LogP contribution is -2.34. The van der Waals surface area contributed by atoms with Gasteiger partial charge in [-0.3, -0.25) is 9.59 Å². The Morgan fingerprint density at radius 3 is 0.791 bits per heavy atom. The highest BCUT2D eigenvalue weighted by molar-refractivity contribution is 7.23. The van der Waals surface area contributed by atoms with Crippen LogP contribution in [0, 0.1) is 11.8 Å². The molecule has 0 bridgehead atoms. The second-order valence-electron chi connectivity index (χ2n) is 27.6. The average Bonchev–Trinajstić information content (AvgIpc) is 1.57. The Morgan fingerprint density at radius 1 is 0.326 bits per heavy atom. The number of rotatable bonds is 50. The van der Waals surface area contributed by atoms with Crippen LogP contribution in [0.15, 0.2) is 59.7 Å². The Hall–Kier alpha value is -2.86. The molecule has 0 aromatic carbocycles. The van der Waals surface area contributed by atoms with Crippen molar-refractivity contribution in [3.8, 4) is 19.5 Å². The van der Waals surface area contributed by atoms with Gasteiger partial charge in [0.1, 0.15) is 0 Å². The van der Waals surface area contributed by atoms with Crippen molar-refractivity contribution in [1.82, 2.24) is 9.80 Å². The van der Waals surface area contributed by atoms with E-state index in [2.05, 4.69) is 114 Å². The molecule has 2 atom stereocenters. The summed E-state index contributed by atoms with van der Waals surface area (Å²) < 4.78 is 0. The van der Waals surface area contributed by atoms with E-state index < -0.39 is 11.1 Å². The quantitative estimate of drug-likeness (QED) is 0.0431. The summed E-state index contributed by atoms with van der Waals surface area (Å²) in [6.45, 7) is 18.8. The van der Waals surface area contributed by atoms with E-state index >= 15 is 9.59 Å². The monoisotopic (exact) mass is 1250 g/mol. The van der Waals surface area contributed by atoms with E-state index in [-0.39, 0.29) is 11.8 Å². The molecule has 6 nitrogen and oxygen atoms in total. The number of carbonyl (C=O) groups is 2. The van der Waals surface area contributed by atoms with Gasteiger partial charge in [0, 0.05) is 53.4 Å². The highest BCUT2D eigenvalue weighted by atomic mass is 32.1. The van der Waals surface area contributed by atoms with Crippen LogP contribution in [-0.4, -0.2) is 34.7 Å². The van der Waals surface area contributed by atoms with E-state index in [0.717, 1.165) is 66.3 Å². The molecule has 482 valence electrons. The van der Waals surface area contributed by atoms with Crippen molar-refractivity contribution in [3.63, 3.8) is 0 Å². The molecule has 2 aliphatic heterocycles. The summed E-state index contributed by atoms with van der Waals surface area (Å²) in [5.74, 6) is 0.759. The van der Waals surface area contributed by atoms with E-state index in [4.69, 9.17) is 11.5 Å². The summed E-state index contributed by atoms with van der Waals surface area (Å²) in [7, 11) is 0. The van der Waals surface area contributed by atoms with Gasteiger partial charge in [-0.1, -0.05) is 259 Å². The molecule has 6 heterocycles. The minimum Gasteiger partial charge on any atom is -0.321 e. The van der Waals surface area contributed by atoms with E-state index in [1.54, 1.807) is 45.3 Å². The minimum absolute atomic E-state index is 0.0237. The van der Waals surface area contributed by atoms with Crippen molar-refractivity contribution in [3.05, 3.63) is 79.2 Å². The van der Waals surface area contributed by atoms with Crippen molar-refractivity contribution >= 4 is 68.6 Å². The third kappa shape index (κ3) is 23.4. The number of carbonyl (C=O) groups excluding carboxylic acids is 2. The minimum atomic E-state index is -0.440. The first-order valence-corrected chi connectivity index (χ1v) is 39.1. The summed E-state index contributed by atoms with van der Waals surface area (Å²) in [6.07, 6.45) is 51.5. The Labute approximate surface area is 542 Å². The van der Waals surface area contributed by atoms with Crippen molar-refractivity contribution in [2.24, 2.45) is 23.3 Å². The van der Waals surface area contributed by atoms with Gasteiger partial charge in [-0.2, -0.15) is 0 Å². The number of amides is 2. The van der Waals surface area contributed by atoms with E-state index in [1.165, 1.54) is 241 Å². The van der Waals surface area contributed by atoms with Crippen LogP contribution in [0.25, 0.3) is 30.9 Å². The summed E-state index contributed by atoms with van der Waals surface area (Å²) in [5.41, 5.74) is 15.4. The van der Waals surface area contributed by atoms with Crippen molar-refractivity contribution in [1.29, 1.82) is 0 Å². The zero-order chi connectivity index (χ0) is 61.6. The standard InChI is InChI=1S/C76H122N4O2S4/c1-9-13-17-21-25-29-31-35-39-43-47-59(45-41-37-33-27-23-19-15-11-3)57-79-71(65-51-49-61(83-65)63-53-55-67(85-63)75(5,6)77)69-70(73(79)81)72(66-52-50-62(84-66)64-54-56-68(86-64)76(7,8)78)80(74(69)82)58-60(46-42-38-34-28-24-20-16-12-4)48-44-40-36-32-30-26-22-18-14-10-2/h49-56,59-60H,9-48,57-58,77-78H2,1-8H3. The van der Waals surface area contributed by atoms with E-state index in [1.807, 2.05) is 0 Å².